The lowest BCUT2D eigenvalue weighted by molar-refractivity contribution is -0.138. The Bertz CT molecular complexity index is 1350. The molecule has 4 N–H and O–H groups in total. The van der Waals surface area contributed by atoms with Crippen molar-refractivity contribution in [1.29, 1.82) is 0 Å². The molecule has 33 heavy (non-hydrogen) atoms. The maximum absolute atomic E-state index is 12.9. The molecule has 4 rings (SSSR count). The van der Waals surface area contributed by atoms with E-state index in [1.807, 2.05) is 0 Å². The zero-order valence-electron chi connectivity index (χ0n) is 16.6. The van der Waals surface area contributed by atoms with Gasteiger partial charge in [-0.15, -0.1) is 11.3 Å². The summed E-state index contributed by atoms with van der Waals surface area (Å²) in [6.45, 7) is 1.66. The molecule has 0 unspecified atom stereocenters. The molecule has 0 saturated carbocycles. The summed E-state index contributed by atoms with van der Waals surface area (Å²) in [4.78, 5) is 43.6. The minimum Gasteiger partial charge on any atom is -0.506 e. The van der Waals surface area contributed by atoms with Gasteiger partial charge in [0.05, 0.1) is 35.8 Å². The molecular formula is C19H14F3N7O3S. The van der Waals surface area contributed by atoms with Crippen molar-refractivity contribution in [3.05, 3.63) is 58.1 Å². The van der Waals surface area contributed by atoms with Crippen LogP contribution in [0.25, 0.3) is 11.2 Å². The van der Waals surface area contributed by atoms with Crippen LogP contribution in [0.1, 0.15) is 43.6 Å². The highest BCUT2D eigenvalue weighted by Gasteiger charge is 2.34. The van der Waals surface area contributed by atoms with Crippen molar-refractivity contribution in [3.63, 3.8) is 0 Å². The number of pyridine rings is 2. The van der Waals surface area contributed by atoms with Crippen LogP contribution in [0.4, 0.5) is 19.0 Å². The second-order valence-corrected chi connectivity index (χ2v) is 7.86. The predicted octanol–water partition coefficient (Wildman–Crippen LogP) is 3.28. The molecule has 0 saturated heterocycles. The number of aromatic hydroxyl groups is 1. The van der Waals surface area contributed by atoms with Gasteiger partial charge in [0, 0.05) is 6.20 Å². The highest BCUT2D eigenvalue weighted by molar-refractivity contribution is 7.13. The fourth-order valence-electron chi connectivity index (χ4n) is 2.81. The second kappa shape index (κ2) is 8.46. The van der Waals surface area contributed by atoms with Crippen molar-refractivity contribution in [3.8, 4) is 5.75 Å². The van der Waals surface area contributed by atoms with Gasteiger partial charge in [-0.3, -0.25) is 9.59 Å². The van der Waals surface area contributed by atoms with Crippen LogP contribution in [-0.4, -0.2) is 41.8 Å². The minimum absolute atomic E-state index is 0.0927. The number of imidazole rings is 1. The van der Waals surface area contributed by atoms with Gasteiger partial charge in [0.15, 0.2) is 5.65 Å². The number of thiazole rings is 1. The summed E-state index contributed by atoms with van der Waals surface area (Å²) in [5, 5.41) is 14.7. The van der Waals surface area contributed by atoms with Gasteiger partial charge in [-0.25, -0.2) is 19.9 Å². The first-order chi connectivity index (χ1) is 15.6. The molecule has 2 amide bonds. The normalized spacial score (nSPS) is 12.5. The van der Waals surface area contributed by atoms with Crippen LogP contribution < -0.4 is 10.6 Å². The van der Waals surface area contributed by atoms with Crippen LogP contribution in [0.5, 0.6) is 5.75 Å². The Hall–Kier alpha value is -4.07. The number of nitrogens with one attached hydrogen (secondary N) is 3. The van der Waals surface area contributed by atoms with Crippen LogP contribution in [0.3, 0.4) is 0 Å². The zero-order valence-corrected chi connectivity index (χ0v) is 17.5. The van der Waals surface area contributed by atoms with Crippen molar-refractivity contribution >= 4 is 40.1 Å². The van der Waals surface area contributed by atoms with E-state index in [1.165, 1.54) is 18.7 Å². The summed E-state index contributed by atoms with van der Waals surface area (Å²) in [6.07, 6.45) is -0.131. The SMILES string of the molecule is C[C@@H](NC(=O)c1cnc2nc[nH]c2c1)c1ncc(C(=O)Nc2cc(C(F)(F)F)c(O)cn2)s1. The van der Waals surface area contributed by atoms with Gasteiger partial charge < -0.3 is 20.7 Å². The Balaban J connectivity index is 1.43. The number of aromatic nitrogens is 5. The number of amides is 2. The maximum Gasteiger partial charge on any atom is 0.420 e. The largest absolute Gasteiger partial charge is 0.506 e. The third-order valence-corrected chi connectivity index (χ3v) is 5.61. The number of rotatable bonds is 5. The fraction of sp³-hybridized carbons (Fsp3) is 0.158. The van der Waals surface area contributed by atoms with Gasteiger partial charge in [0.1, 0.15) is 27.0 Å². The first-order valence-corrected chi connectivity index (χ1v) is 10.1. The number of hydrogen-bond acceptors (Lipinski definition) is 8. The number of H-pyrrole nitrogens is 1. The van der Waals surface area contributed by atoms with Gasteiger partial charge >= 0.3 is 6.18 Å². The molecule has 0 aliphatic rings. The molecule has 0 radical (unpaired) electrons. The molecule has 4 aromatic rings. The third kappa shape index (κ3) is 4.74. The monoisotopic (exact) mass is 477 g/mol. The molecule has 0 aromatic carbocycles. The first-order valence-electron chi connectivity index (χ1n) is 9.25. The number of fused-ring (bicyclic) bond motifs is 1. The van der Waals surface area contributed by atoms with Crippen LogP contribution >= 0.6 is 11.3 Å². The lowest BCUT2D eigenvalue weighted by Crippen LogP contribution is -2.26. The molecular weight excluding hydrogens is 463 g/mol. The number of nitrogens with zero attached hydrogens (tertiary/aromatic N) is 4. The molecule has 0 bridgehead atoms. The van der Waals surface area contributed by atoms with E-state index in [-0.39, 0.29) is 10.7 Å². The second-order valence-electron chi connectivity index (χ2n) is 6.79. The van der Waals surface area contributed by atoms with Crippen LogP contribution in [0, 0.1) is 0 Å². The average molecular weight is 477 g/mol. The van der Waals surface area contributed by atoms with Crippen molar-refractivity contribution in [2.24, 2.45) is 0 Å². The molecule has 4 aromatic heterocycles. The highest BCUT2D eigenvalue weighted by atomic mass is 32.1. The van der Waals surface area contributed by atoms with Crippen LogP contribution in [0.15, 0.2) is 37.1 Å². The Morgan fingerprint density at radius 2 is 1.88 bits per heavy atom. The number of hydrogen-bond donors (Lipinski definition) is 4. The molecule has 0 aliphatic carbocycles. The molecule has 170 valence electrons. The molecule has 1 atom stereocenters. The Morgan fingerprint density at radius 1 is 1.09 bits per heavy atom. The van der Waals surface area contributed by atoms with E-state index in [4.69, 9.17) is 0 Å². The average Bonchev–Trinajstić information content (AvgIpc) is 3.43. The van der Waals surface area contributed by atoms with Crippen molar-refractivity contribution < 1.29 is 27.9 Å². The van der Waals surface area contributed by atoms with Gasteiger partial charge in [0.25, 0.3) is 11.8 Å². The first kappa shape index (κ1) is 22.1. The molecule has 4 heterocycles. The molecule has 10 nitrogen and oxygen atoms in total. The van der Waals surface area contributed by atoms with Gasteiger partial charge in [0.2, 0.25) is 0 Å². The van der Waals surface area contributed by atoms with Gasteiger partial charge in [-0.2, -0.15) is 13.2 Å². The molecule has 14 heteroatoms. The van der Waals surface area contributed by atoms with E-state index in [9.17, 15) is 27.9 Å². The highest BCUT2D eigenvalue weighted by Crippen LogP contribution is 2.36. The zero-order chi connectivity index (χ0) is 23.8. The third-order valence-electron chi connectivity index (χ3n) is 4.43. The van der Waals surface area contributed by atoms with Crippen molar-refractivity contribution in [2.45, 2.75) is 19.1 Å². The van der Waals surface area contributed by atoms with E-state index < -0.39 is 35.3 Å². The van der Waals surface area contributed by atoms with E-state index in [2.05, 4.69) is 35.6 Å². The minimum atomic E-state index is -4.81. The smallest absolute Gasteiger partial charge is 0.420 e. The Labute approximate surface area is 186 Å². The van der Waals surface area contributed by atoms with E-state index in [0.717, 1.165) is 11.3 Å². The standard InChI is InChI=1S/C19H14F3N7O3S/c1-8(28-16(31)9-2-11-15(24-4-9)27-7-26-11)18-25-6-13(33-18)17(32)29-14-3-10(19(20,21)22)12(30)5-23-14/h2-8,30H,1H3,(H,28,31)(H,23,29,32)(H,24,26,27)/t8-/m1/s1. The van der Waals surface area contributed by atoms with Gasteiger partial charge in [-0.05, 0) is 19.1 Å². The lowest BCUT2D eigenvalue weighted by Gasteiger charge is -2.11. The predicted molar refractivity (Wildman–Crippen MR) is 111 cm³/mol. The fourth-order valence-corrected chi connectivity index (χ4v) is 3.63. The van der Waals surface area contributed by atoms with Crippen LogP contribution in [-0.2, 0) is 6.18 Å². The number of aromatic amines is 1. The molecule has 0 fully saturated rings. The lowest BCUT2D eigenvalue weighted by atomic mass is 10.2. The van der Waals surface area contributed by atoms with Gasteiger partial charge in [-0.1, -0.05) is 0 Å². The molecule has 0 spiro atoms. The topological polar surface area (TPSA) is 146 Å². The Kier molecular flexibility index (Phi) is 5.68. The number of halogens is 3. The Morgan fingerprint density at radius 3 is 2.64 bits per heavy atom. The van der Waals surface area contributed by atoms with Crippen LogP contribution in [0.2, 0.25) is 0 Å². The summed E-state index contributed by atoms with van der Waals surface area (Å²) in [7, 11) is 0. The number of carbonyl (C=O) groups is 2. The van der Waals surface area contributed by atoms with E-state index >= 15 is 0 Å². The summed E-state index contributed by atoms with van der Waals surface area (Å²) in [6, 6.07) is 1.56. The summed E-state index contributed by atoms with van der Waals surface area (Å²) in [5.41, 5.74) is 0.0459. The summed E-state index contributed by atoms with van der Waals surface area (Å²) >= 11 is 0.953. The quantitative estimate of drug-likeness (QED) is 0.345. The maximum atomic E-state index is 12.9. The van der Waals surface area contributed by atoms with E-state index in [0.29, 0.717) is 34.0 Å². The van der Waals surface area contributed by atoms with Crippen molar-refractivity contribution in [1.82, 2.24) is 30.2 Å². The number of anilines is 1. The van der Waals surface area contributed by atoms with Crippen molar-refractivity contribution in [2.75, 3.05) is 5.32 Å². The number of carbonyl (C=O) groups excluding carboxylic acids is 2. The molecule has 0 aliphatic heterocycles. The summed E-state index contributed by atoms with van der Waals surface area (Å²) < 4.78 is 38.8. The van der Waals surface area contributed by atoms with E-state index in [1.54, 1.807) is 13.0 Å². The number of alkyl halides is 3. The summed E-state index contributed by atoms with van der Waals surface area (Å²) in [5.74, 6) is -2.59.